The molecule has 2 amide bonds. The minimum atomic E-state index is -1.16. The number of rotatable bonds is 11. The summed E-state index contributed by atoms with van der Waals surface area (Å²) in [6.07, 6.45) is 0.658. The third-order valence-electron chi connectivity index (χ3n) is 7.83. The quantitative estimate of drug-likeness (QED) is 0.201. The van der Waals surface area contributed by atoms with Crippen molar-refractivity contribution in [2.24, 2.45) is 0 Å². The lowest BCUT2D eigenvalue weighted by molar-refractivity contribution is -0.129. The van der Waals surface area contributed by atoms with Crippen LogP contribution in [0.2, 0.25) is 5.02 Å². The van der Waals surface area contributed by atoms with Crippen LogP contribution in [0.15, 0.2) is 102 Å². The van der Waals surface area contributed by atoms with Crippen molar-refractivity contribution in [1.82, 2.24) is 10.2 Å². The molecule has 1 heterocycles. The summed E-state index contributed by atoms with van der Waals surface area (Å²) < 4.78 is 4.11. The molecule has 0 spiro atoms. The summed E-state index contributed by atoms with van der Waals surface area (Å²) in [5.41, 5.74) is 4.57. The van der Waals surface area contributed by atoms with Gasteiger partial charge >= 0.3 is 0 Å². The van der Waals surface area contributed by atoms with E-state index >= 15 is 0 Å². The van der Waals surface area contributed by atoms with Crippen LogP contribution in [0.1, 0.15) is 40.3 Å². The number of thioether (sulfide) groups is 1. The largest absolute Gasteiger partial charge is 0.497 e. The fourth-order valence-corrected chi connectivity index (χ4v) is 7.11. The molecule has 4 aromatic rings. The van der Waals surface area contributed by atoms with E-state index < -0.39 is 10.8 Å². The first-order valence-corrected chi connectivity index (χ1v) is 15.4. The highest BCUT2D eigenvalue weighted by Crippen LogP contribution is 2.53. The Morgan fingerprint density at radius 3 is 2.33 bits per heavy atom. The van der Waals surface area contributed by atoms with Gasteiger partial charge in [0.1, 0.15) is 10.5 Å². The maximum absolute atomic E-state index is 14.4. The van der Waals surface area contributed by atoms with E-state index in [1.807, 2.05) is 104 Å². The summed E-state index contributed by atoms with van der Waals surface area (Å²) in [7, 11) is 1.63. The number of carbonyl (C=O) groups excluding carboxylic acids is 2. The Balaban J connectivity index is 1.53. The van der Waals surface area contributed by atoms with E-state index in [1.165, 1.54) is 11.8 Å². The van der Waals surface area contributed by atoms with E-state index in [1.54, 1.807) is 12.0 Å². The van der Waals surface area contributed by atoms with Gasteiger partial charge in [-0.05, 0) is 65.9 Å². The van der Waals surface area contributed by atoms with Crippen molar-refractivity contribution >= 4 is 35.2 Å². The van der Waals surface area contributed by atoms with E-state index in [2.05, 4.69) is 5.32 Å². The van der Waals surface area contributed by atoms with Crippen molar-refractivity contribution in [2.75, 3.05) is 13.7 Å². The second-order valence-corrected chi connectivity index (χ2v) is 12.6. The lowest BCUT2D eigenvalue weighted by atomic mass is 9.90. The van der Waals surface area contributed by atoms with Crippen LogP contribution in [0.5, 0.6) is 5.75 Å². The van der Waals surface area contributed by atoms with Gasteiger partial charge in [-0.2, -0.15) is 0 Å². The smallest absolute Gasteiger partial charge is 0.239 e. The lowest BCUT2D eigenvalue weighted by Gasteiger charge is -2.37. The van der Waals surface area contributed by atoms with Gasteiger partial charge in [0.05, 0.1) is 26.2 Å². The maximum atomic E-state index is 14.4. The molecule has 8 heteroatoms. The maximum Gasteiger partial charge on any atom is 0.239 e. The molecule has 2 N–H and O–H groups in total. The van der Waals surface area contributed by atoms with Crippen molar-refractivity contribution in [1.29, 1.82) is 0 Å². The summed E-state index contributed by atoms with van der Waals surface area (Å²) in [4.78, 5) is 31.1. The summed E-state index contributed by atoms with van der Waals surface area (Å²) in [5, 5.41) is 13.4. The number of nitrogens with zero attached hydrogens (tertiary/aromatic N) is 1. The molecular weight excluding hydrogens is 580 g/mol. The highest BCUT2D eigenvalue weighted by atomic mass is 35.5. The Labute approximate surface area is 262 Å². The average molecular weight is 615 g/mol. The molecule has 0 aromatic heterocycles. The predicted octanol–water partition coefficient (Wildman–Crippen LogP) is 6.51. The molecule has 6 nitrogen and oxygen atoms in total. The van der Waals surface area contributed by atoms with E-state index in [0.29, 0.717) is 18.0 Å². The Morgan fingerprint density at radius 1 is 1.00 bits per heavy atom. The van der Waals surface area contributed by atoms with Gasteiger partial charge < -0.3 is 20.1 Å². The Morgan fingerprint density at radius 2 is 1.67 bits per heavy atom. The van der Waals surface area contributed by atoms with Crippen LogP contribution in [-0.2, 0) is 29.2 Å². The summed E-state index contributed by atoms with van der Waals surface area (Å²) in [6, 6.07) is 30.2. The average Bonchev–Trinajstić information content (AvgIpc) is 3.30. The van der Waals surface area contributed by atoms with Gasteiger partial charge in [-0.1, -0.05) is 83.9 Å². The molecule has 4 aromatic carbocycles. The number of aryl methyl sites for hydroxylation is 1. The van der Waals surface area contributed by atoms with Gasteiger partial charge in [0.15, 0.2) is 0 Å². The molecule has 2 atom stereocenters. The number of ether oxygens (including phenoxy) is 1. The first kappa shape index (κ1) is 30.7. The molecule has 43 heavy (non-hydrogen) atoms. The van der Waals surface area contributed by atoms with E-state index in [9.17, 15) is 14.7 Å². The van der Waals surface area contributed by atoms with Crippen LogP contribution >= 0.6 is 23.4 Å². The first-order chi connectivity index (χ1) is 20.8. The number of hydrogen-bond donors (Lipinski definition) is 2. The van der Waals surface area contributed by atoms with E-state index in [-0.39, 0.29) is 31.4 Å². The minimum Gasteiger partial charge on any atom is -0.497 e. The molecule has 222 valence electrons. The van der Waals surface area contributed by atoms with Crippen LogP contribution in [0.4, 0.5) is 0 Å². The number of amides is 2. The topological polar surface area (TPSA) is 78.9 Å². The summed E-state index contributed by atoms with van der Waals surface area (Å²) in [5.74, 6) is 0.457. The van der Waals surface area contributed by atoms with Gasteiger partial charge in [-0.3, -0.25) is 9.59 Å². The van der Waals surface area contributed by atoms with E-state index in [4.69, 9.17) is 16.3 Å². The predicted molar refractivity (Wildman–Crippen MR) is 171 cm³/mol. The summed E-state index contributed by atoms with van der Waals surface area (Å²) >= 11 is 7.98. The Kier molecular flexibility index (Phi) is 9.76. The van der Waals surface area contributed by atoms with Crippen molar-refractivity contribution < 1.29 is 19.4 Å². The molecule has 0 unspecified atom stereocenters. The zero-order chi connectivity index (χ0) is 30.4. The van der Waals surface area contributed by atoms with E-state index in [0.717, 1.165) is 38.5 Å². The highest BCUT2D eigenvalue weighted by Gasteiger charge is 2.58. The van der Waals surface area contributed by atoms with Crippen LogP contribution in [0.3, 0.4) is 0 Å². The van der Waals surface area contributed by atoms with Gasteiger partial charge in [0.25, 0.3) is 0 Å². The van der Waals surface area contributed by atoms with Crippen LogP contribution in [0, 0.1) is 6.92 Å². The molecule has 0 radical (unpaired) electrons. The molecule has 0 aliphatic carbocycles. The minimum absolute atomic E-state index is 0.0246. The second kappa shape index (κ2) is 13.7. The molecule has 1 fully saturated rings. The van der Waals surface area contributed by atoms with Gasteiger partial charge in [0, 0.05) is 23.0 Å². The second-order valence-electron chi connectivity index (χ2n) is 10.8. The van der Waals surface area contributed by atoms with Crippen molar-refractivity contribution in [3.05, 3.63) is 130 Å². The number of methoxy groups -OCH3 is 1. The Hall–Kier alpha value is -3.78. The third kappa shape index (κ3) is 6.90. The molecule has 1 aliphatic rings. The fraction of sp³-hybridized carbons (Fsp3) is 0.257. The number of aliphatic hydroxyl groups is 1. The number of nitrogens with one attached hydrogen (secondary N) is 1. The van der Waals surface area contributed by atoms with Crippen molar-refractivity contribution in [2.45, 2.75) is 48.6 Å². The van der Waals surface area contributed by atoms with Crippen LogP contribution in [0.25, 0.3) is 0 Å². The molecule has 1 aliphatic heterocycles. The Bertz CT molecular complexity index is 1560. The SMILES string of the molecule is COc1ccc(CCNC(=O)[C@@]2(Sc3ccc(C)cc3)CC(=O)N(Cc3ccccc3Cl)[C@@H]2c2ccc(CO)cc2)cc1. The third-order valence-corrected chi connectivity index (χ3v) is 9.62. The number of carbonyl (C=O) groups is 2. The lowest BCUT2D eigenvalue weighted by Crippen LogP contribution is -2.48. The van der Waals surface area contributed by atoms with Crippen molar-refractivity contribution in [3.63, 3.8) is 0 Å². The number of benzene rings is 4. The molecular formula is C35H35ClN2O4S. The van der Waals surface area contributed by atoms with Crippen LogP contribution in [-0.4, -0.2) is 40.2 Å². The fourth-order valence-electron chi connectivity index (χ4n) is 5.48. The van der Waals surface area contributed by atoms with Gasteiger partial charge in [-0.25, -0.2) is 0 Å². The normalized spacial score (nSPS) is 18.1. The molecule has 0 saturated carbocycles. The zero-order valence-electron chi connectivity index (χ0n) is 24.3. The number of likely N-dealkylation sites (tertiary alicyclic amines) is 1. The monoisotopic (exact) mass is 614 g/mol. The highest BCUT2D eigenvalue weighted by molar-refractivity contribution is 8.01. The molecule has 0 bridgehead atoms. The van der Waals surface area contributed by atoms with Crippen molar-refractivity contribution in [3.8, 4) is 5.75 Å². The van der Waals surface area contributed by atoms with Gasteiger partial charge in [0.2, 0.25) is 11.8 Å². The zero-order valence-corrected chi connectivity index (χ0v) is 25.8. The number of aliphatic hydroxyl groups excluding tert-OH is 1. The number of halogens is 1. The molecule has 1 saturated heterocycles. The van der Waals surface area contributed by atoms with Gasteiger partial charge in [-0.15, -0.1) is 11.8 Å². The standard InChI is InChI=1S/C35H35ClN2O4S/c1-24-7-17-30(18-8-24)43-35(34(41)37-20-19-25-11-15-29(42-2)16-12-25)21-32(40)38(22-28-5-3-4-6-31(28)36)33(35)27-13-9-26(23-39)10-14-27/h3-18,33,39H,19-23H2,1-2H3,(H,37,41)/t33-,35-/m1/s1. The number of hydrogen-bond acceptors (Lipinski definition) is 5. The van der Waals surface area contributed by atoms with Crippen LogP contribution < -0.4 is 10.1 Å². The first-order valence-electron chi connectivity index (χ1n) is 14.2. The molecule has 5 rings (SSSR count). The summed E-state index contributed by atoms with van der Waals surface area (Å²) in [6.45, 7) is 2.60.